The largest absolute Gasteiger partial charge is 0.508 e. The lowest BCUT2D eigenvalue weighted by Crippen LogP contribution is -2.14. The van der Waals surface area contributed by atoms with Gasteiger partial charge in [-0.05, 0) is 37.0 Å². The van der Waals surface area contributed by atoms with E-state index >= 15 is 0 Å². The van der Waals surface area contributed by atoms with Crippen LogP contribution >= 0.6 is 23.2 Å². The molecule has 0 saturated heterocycles. The quantitative estimate of drug-likeness (QED) is 0.502. The Kier molecular flexibility index (Phi) is 11.5. The SMILES string of the molecule is CC.Cc1c(Cl)c(F)nc(NCC(=O)O)c1Cl.Cc1ccc(O)c(C(C)C)c1. The van der Waals surface area contributed by atoms with Crippen LogP contribution in [0.3, 0.4) is 0 Å². The molecule has 1 heterocycles. The number of anilines is 1. The van der Waals surface area contributed by atoms with Crippen molar-refractivity contribution in [3.63, 3.8) is 0 Å². The number of carbonyl (C=O) groups is 1. The van der Waals surface area contributed by atoms with Crippen molar-refractivity contribution in [3.8, 4) is 5.75 Å². The van der Waals surface area contributed by atoms with Crippen LogP contribution in [0.2, 0.25) is 10.0 Å². The molecule has 0 radical (unpaired) electrons. The van der Waals surface area contributed by atoms with Gasteiger partial charge in [0.05, 0.1) is 5.02 Å². The minimum Gasteiger partial charge on any atom is -0.508 e. The Morgan fingerprint density at radius 1 is 1.21 bits per heavy atom. The van der Waals surface area contributed by atoms with Gasteiger partial charge in [0.2, 0.25) is 5.95 Å². The van der Waals surface area contributed by atoms with Gasteiger partial charge in [-0.25, -0.2) is 0 Å². The molecular weight excluding hydrogens is 406 g/mol. The number of hydrogen-bond donors (Lipinski definition) is 3. The number of aromatic hydroxyl groups is 1. The predicted octanol–water partition coefficient (Wildman–Crippen LogP) is 6.18. The molecule has 0 aliphatic heterocycles. The summed E-state index contributed by atoms with van der Waals surface area (Å²) in [5.41, 5.74) is 2.55. The summed E-state index contributed by atoms with van der Waals surface area (Å²) in [5.74, 6) is -1.20. The minimum atomic E-state index is -1.10. The molecule has 0 atom stereocenters. The molecule has 2 rings (SSSR count). The van der Waals surface area contributed by atoms with E-state index in [0.29, 0.717) is 17.2 Å². The van der Waals surface area contributed by atoms with Gasteiger partial charge < -0.3 is 15.5 Å². The van der Waals surface area contributed by atoms with E-state index in [9.17, 15) is 14.3 Å². The van der Waals surface area contributed by atoms with Gasteiger partial charge in [-0.15, -0.1) is 0 Å². The van der Waals surface area contributed by atoms with Crippen LogP contribution in [0, 0.1) is 19.8 Å². The van der Waals surface area contributed by atoms with Crippen LogP contribution in [-0.4, -0.2) is 27.7 Å². The van der Waals surface area contributed by atoms with Gasteiger partial charge in [0.1, 0.15) is 23.1 Å². The molecule has 1 aromatic heterocycles. The van der Waals surface area contributed by atoms with Gasteiger partial charge in [0, 0.05) is 0 Å². The molecule has 1 aromatic carbocycles. The molecular formula is C20H27Cl2FN2O3. The van der Waals surface area contributed by atoms with Crippen LogP contribution in [0.25, 0.3) is 0 Å². The Labute approximate surface area is 175 Å². The maximum atomic E-state index is 13.1. The van der Waals surface area contributed by atoms with E-state index in [4.69, 9.17) is 28.3 Å². The van der Waals surface area contributed by atoms with Crippen molar-refractivity contribution in [3.05, 3.63) is 50.9 Å². The van der Waals surface area contributed by atoms with Crippen LogP contribution in [-0.2, 0) is 4.79 Å². The second kappa shape index (κ2) is 12.4. The monoisotopic (exact) mass is 432 g/mol. The number of rotatable bonds is 4. The fourth-order valence-corrected chi connectivity index (χ4v) is 2.43. The number of phenolic OH excluding ortho intramolecular Hbond substituents is 1. The van der Waals surface area contributed by atoms with E-state index in [1.807, 2.05) is 32.9 Å². The molecule has 0 spiro atoms. The lowest BCUT2D eigenvalue weighted by Gasteiger charge is -2.08. The van der Waals surface area contributed by atoms with Gasteiger partial charge in [-0.3, -0.25) is 4.79 Å². The second-order valence-electron chi connectivity index (χ2n) is 5.97. The number of benzene rings is 1. The number of phenols is 1. The lowest BCUT2D eigenvalue weighted by atomic mass is 10.0. The maximum Gasteiger partial charge on any atom is 0.322 e. The molecule has 0 aliphatic carbocycles. The molecule has 0 fully saturated rings. The highest BCUT2D eigenvalue weighted by Gasteiger charge is 2.14. The summed E-state index contributed by atoms with van der Waals surface area (Å²) >= 11 is 11.3. The number of carboxylic acid groups (broad SMARTS) is 1. The average Bonchev–Trinajstić information content (AvgIpc) is 2.65. The van der Waals surface area contributed by atoms with Gasteiger partial charge >= 0.3 is 5.97 Å². The summed E-state index contributed by atoms with van der Waals surface area (Å²) in [6, 6.07) is 5.70. The molecule has 0 unspecified atom stereocenters. The number of carboxylic acids is 1. The first-order chi connectivity index (χ1) is 13.0. The van der Waals surface area contributed by atoms with E-state index in [1.165, 1.54) is 12.5 Å². The highest BCUT2D eigenvalue weighted by molar-refractivity contribution is 6.37. The number of aliphatic carboxylic acids is 1. The predicted molar refractivity (Wildman–Crippen MR) is 113 cm³/mol. The number of halogens is 3. The van der Waals surface area contributed by atoms with Crippen molar-refractivity contribution in [2.24, 2.45) is 0 Å². The minimum absolute atomic E-state index is 0.0292. The normalized spacial score (nSPS) is 9.79. The Hall–Kier alpha value is -2.05. The van der Waals surface area contributed by atoms with E-state index < -0.39 is 18.5 Å². The zero-order valence-corrected chi connectivity index (χ0v) is 18.4. The molecule has 28 heavy (non-hydrogen) atoms. The van der Waals surface area contributed by atoms with Crippen LogP contribution in [0.1, 0.15) is 50.3 Å². The highest BCUT2D eigenvalue weighted by Crippen LogP contribution is 2.30. The molecule has 0 aliphatic rings. The molecule has 8 heteroatoms. The van der Waals surface area contributed by atoms with Crippen molar-refractivity contribution in [2.75, 3.05) is 11.9 Å². The van der Waals surface area contributed by atoms with E-state index in [0.717, 1.165) is 5.56 Å². The number of nitrogens with one attached hydrogen (secondary N) is 1. The summed E-state index contributed by atoms with van der Waals surface area (Å²) in [4.78, 5) is 13.7. The molecule has 3 N–H and O–H groups in total. The second-order valence-corrected chi connectivity index (χ2v) is 6.72. The lowest BCUT2D eigenvalue weighted by molar-refractivity contribution is -0.134. The number of hydrogen-bond acceptors (Lipinski definition) is 4. The third-order valence-corrected chi connectivity index (χ3v) is 4.37. The van der Waals surface area contributed by atoms with Gasteiger partial charge in [0.25, 0.3) is 0 Å². The standard InChI is InChI=1S/C10H14O.C8H7Cl2FN2O2.C2H6/c1-7(2)9-6-8(3)4-5-10(9)11;1-3-5(9)7(11)13-8(6(3)10)12-2-4(14)15;1-2/h4-7,11H,1-3H3;2H2,1H3,(H,12,13)(H,14,15);1-2H3. The summed E-state index contributed by atoms with van der Waals surface area (Å²) < 4.78 is 13.1. The Morgan fingerprint density at radius 3 is 2.25 bits per heavy atom. The summed E-state index contributed by atoms with van der Waals surface area (Å²) in [6.07, 6.45) is 0. The molecule has 156 valence electrons. The topological polar surface area (TPSA) is 82.5 Å². The summed E-state index contributed by atoms with van der Waals surface area (Å²) in [7, 11) is 0. The van der Waals surface area contributed by atoms with Crippen molar-refractivity contribution in [1.29, 1.82) is 0 Å². The van der Waals surface area contributed by atoms with Crippen LogP contribution in [0.15, 0.2) is 18.2 Å². The Balaban J connectivity index is 0.000000497. The molecule has 0 bridgehead atoms. The first-order valence-corrected chi connectivity index (χ1v) is 9.56. The molecule has 5 nitrogen and oxygen atoms in total. The number of aromatic nitrogens is 1. The average molecular weight is 433 g/mol. The Bertz CT molecular complexity index is 800. The summed E-state index contributed by atoms with van der Waals surface area (Å²) in [5, 5.41) is 20.1. The van der Waals surface area contributed by atoms with Crippen molar-refractivity contribution in [2.45, 2.75) is 47.5 Å². The van der Waals surface area contributed by atoms with E-state index in [1.54, 1.807) is 6.07 Å². The van der Waals surface area contributed by atoms with E-state index in [-0.39, 0.29) is 15.9 Å². The van der Waals surface area contributed by atoms with Crippen molar-refractivity contribution in [1.82, 2.24) is 4.98 Å². The van der Waals surface area contributed by atoms with Crippen LogP contribution in [0.5, 0.6) is 5.75 Å². The zero-order chi connectivity index (χ0) is 22.0. The fourth-order valence-electron chi connectivity index (χ4n) is 2.04. The molecule has 0 amide bonds. The van der Waals surface area contributed by atoms with E-state index in [2.05, 4.69) is 24.1 Å². The van der Waals surface area contributed by atoms with Crippen molar-refractivity contribution >= 4 is 35.0 Å². The van der Waals surface area contributed by atoms with Gasteiger partial charge in [-0.1, -0.05) is 68.6 Å². The summed E-state index contributed by atoms with van der Waals surface area (Å²) in [6.45, 7) is 11.3. The zero-order valence-electron chi connectivity index (χ0n) is 16.9. The first kappa shape index (κ1) is 26.0. The fraction of sp³-hybridized carbons (Fsp3) is 0.400. The van der Waals surface area contributed by atoms with Gasteiger partial charge in [0.15, 0.2) is 0 Å². The number of pyridine rings is 1. The maximum absolute atomic E-state index is 13.1. The van der Waals surface area contributed by atoms with Crippen LogP contribution in [0.4, 0.5) is 10.2 Å². The smallest absolute Gasteiger partial charge is 0.322 e. The van der Waals surface area contributed by atoms with Crippen molar-refractivity contribution < 1.29 is 19.4 Å². The first-order valence-electron chi connectivity index (χ1n) is 8.80. The third-order valence-electron chi connectivity index (χ3n) is 3.47. The molecule has 0 saturated carbocycles. The third kappa shape index (κ3) is 7.90. The Morgan fingerprint density at radius 2 is 1.79 bits per heavy atom. The van der Waals surface area contributed by atoms with Crippen LogP contribution < -0.4 is 5.32 Å². The highest BCUT2D eigenvalue weighted by atomic mass is 35.5. The number of aryl methyl sites for hydroxylation is 1. The number of nitrogens with zero attached hydrogens (tertiary/aromatic N) is 1. The van der Waals surface area contributed by atoms with Gasteiger partial charge in [-0.2, -0.15) is 9.37 Å². The molecule has 2 aromatic rings.